The van der Waals surface area contributed by atoms with Gasteiger partial charge in [-0.05, 0) is 44.4 Å². The van der Waals surface area contributed by atoms with E-state index < -0.39 is 11.7 Å². The molecule has 1 aliphatic heterocycles. The molecule has 0 fully saturated rings. The summed E-state index contributed by atoms with van der Waals surface area (Å²) in [4.78, 5) is 24.9. The van der Waals surface area contributed by atoms with Crippen LogP contribution in [0, 0.1) is 0 Å². The molecule has 2 atom stereocenters. The van der Waals surface area contributed by atoms with Crippen LogP contribution in [0.25, 0.3) is 0 Å². The van der Waals surface area contributed by atoms with Crippen LogP contribution in [-0.4, -0.2) is 52.1 Å². The van der Waals surface area contributed by atoms with Crippen LogP contribution in [0.3, 0.4) is 0 Å². The molecule has 1 aromatic rings. The second kappa shape index (κ2) is 8.03. The zero-order valence-corrected chi connectivity index (χ0v) is 17.6. The number of carbonyl (C=O) groups is 1. The van der Waals surface area contributed by atoms with Crippen molar-refractivity contribution >= 4 is 49.3 Å². The number of rotatable bonds is 6. The summed E-state index contributed by atoms with van der Waals surface area (Å²) in [6, 6.07) is 0. The summed E-state index contributed by atoms with van der Waals surface area (Å²) in [7, 11) is 1.50. The number of amides is 1. The Balaban J connectivity index is 1.54. The fourth-order valence-corrected chi connectivity index (χ4v) is 4.68. The first-order chi connectivity index (χ1) is 12.9. The third kappa shape index (κ3) is 4.04. The molecule has 9 nitrogen and oxygen atoms in total. The molecule has 0 saturated heterocycles. The van der Waals surface area contributed by atoms with Crippen LogP contribution < -0.4 is 11.1 Å². The van der Waals surface area contributed by atoms with E-state index in [0.29, 0.717) is 39.9 Å². The van der Waals surface area contributed by atoms with E-state index in [9.17, 15) is 9.90 Å². The molecule has 5 N–H and O–H groups in total. The van der Waals surface area contributed by atoms with Crippen molar-refractivity contribution in [1.82, 2.24) is 15.3 Å². The Labute approximate surface area is 172 Å². The normalized spacial score (nSPS) is 24.5. The average molecular weight is 505 g/mol. The van der Waals surface area contributed by atoms with Crippen molar-refractivity contribution in [3.05, 3.63) is 32.8 Å². The fourth-order valence-electron chi connectivity index (χ4n) is 2.88. The second-order valence-electron chi connectivity index (χ2n) is 6.18. The Hall–Kier alpha value is -1.85. The highest BCUT2D eigenvalue weighted by Crippen LogP contribution is 2.43. The van der Waals surface area contributed by atoms with Gasteiger partial charge in [0, 0.05) is 19.4 Å². The van der Waals surface area contributed by atoms with Crippen LogP contribution in [0.4, 0.5) is 5.82 Å². The number of imidazole rings is 1. The van der Waals surface area contributed by atoms with Gasteiger partial charge < -0.3 is 30.7 Å². The van der Waals surface area contributed by atoms with Gasteiger partial charge in [-0.15, -0.1) is 0 Å². The van der Waals surface area contributed by atoms with Crippen molar-refractivity contribution in [2.45, 2.75) is 31.0 Å². The first-order valence-electron chi connectivity index (χ1n) is 8.19. The summed E-state index contributed by atoms with van der Waals surface area (Å²) in [6.45, 7) is 0.449. The lowest BCUT2D eigenvalue weighted by Gasteiger charge is -2.33. The number of halogens is 2. The number of nitrogens with zero attached hydrogens (tertiary/aromatic N) is 2. The minimum Gasteiger partial charge on any atom is -0.495 e. The maximum atomic E-state index is 12.3. The molecular formula is C16H19Br2N5O4. The molecule has 1 aromatic heterocycles. The number of methoxy groups -OCH3 is 1. The molecule has 1 spiro atoms. The number of H-pyrrole nitrogens is 1. The van der Waals surface area contributed by atoms with E-state index in [0.717, 1.165) is 5.82 Å². The predicted octanol–water partition coefficient (Wildman–Crippen LogP) is 1.46. The number of nitrogens with two attached hydrogens (primary N) is 1. The molecule has 27 heavy (non-hydrogen) atoms. The maximum Gasteiger partial charge on any atom is 0.269 e. The van der Waals surface area contributed by atoms with Gasteiger partial charge >= 0.3 is 0 Å². The number of nitrogen functional groups attached to an aromatic ring is 1. The van der Waals surface area contributed by atoms with Crippen molar-refractivity contribution in [2.75, 3.05) is 19.4 Å². The standard InChI is InChI=1S/C16H19Br2N5O4/c1-26-13-8(17)5-16(14(24)12(13)18)6-9(23-27-16)15(25)20-4-2-3-11-21-7-10(19)22-11/h5,7,14,24H,2-4,6,19H2,1H3,(H,20,25)(H,21,22)/t14?,16-/m1/s1. The van der Waals surface area contributed by atoms with E-state index in [4.69, 9.17) is 15.3 Å². The molecule has 146 valence electrons. The maximum absolute atomic E-state index is 12.3. The Bertz CT molecular complexity index is 835. The number of hydrogen-bond donors (Lipinski definition) is 4. The average Bonchev–Trinajstić information content (AvgIpc) is 3.24. The number of carbonyl (C=O) groups excluding carboxylic acids is 1. The predicted molar refractivity (Wildman–Crippen MR) is 106 cm³/mol. The smallest absolute Gasteiger partial charge is 0.269 e. The second-order valence-corrected chi connectivity index (χ2v) is 7.89. The molecule has 1 aliphatic carbocycles. The van der Waals surface area contributed by atoms with Crippen LogP contribution in [0.1, 0.15) is 18.7 Å². The Morgan fingerprint density at radius 2 is 2.37 bits per heavy atom. The topological polar surface area (TPSA) is 135 Å². The van der Waals surface area contributed by atoms with Crippen molar-refractivity contribution in [2.24, 2.45) is 5.16 Å². The summed E-state index contributed by atoms with van der Waals surface area (Å²) in [5, 5.41) is 17.3. The lowest BCUT2D eigenvalue weighted by Crippen LogP contribution is -2.45. The summed E-state index contributed by atoms with van der Waals surface area (Å²) in [5.41, 5.74) is 4.63. The Kier molecular flexibility index (Phi) is 5.92. The number of ether oxygens (including phenoxy) is 1. The molecule has 11 heteroatoms. The van der Waals surface area contributed by atoms with Gasteiger partial charge in [-0.2, -0.15) is 0 Å². The number of allylic oxidation sites excluding steroid dienone is 1. The summed E-state index contributed by atoms with van der Waals surface area (Å²) in [5.74, 6) is 1.42. The molecular weight excluding hydrogens is 486 g/mol. The van der Waals surface area contributed by atoms with Gasteiger partial charge in [-0.25, -0.2) is 4.98 Å². The minimum atomic E-state index is -1.15. The minimum absolute atomic E-state index is 0.135. The summed E-state index contributed by atoms with van der Waals surface area (Å²) >= 11 is 6.71. The van der Waals surface area contributed by atoms with Crippen LogP contribution in [0.2, 0.25) is 0 Å². The van der Waals surface area contributed by atoms with Crippen LogP contribution in [0.5, 0.6) is 0 Å². The number of aryl methyl sites for hydroxylation is 1. The highest BCUT2D eigenvalue weighted by molar-refractivity contribution is 9.12. The highest BCUT2D eigenvalue weighted by atomic mass is 79.9. The number of oxime groups is 1. The number of nitrogens with one attached hydrogen (secondary N) is 2. The number of hydrogen-bond acceptors (Lipinski definition) is 7. The quantitative estimate of drug-likeness (QED) is 0.433. The highest BCUT2D eigenvalue weighted by Gasteiger charge is 2.50. The Morgan fingerprint density at radius 3 is 3.04 bits per heavy atom. The number of aliphatic hydroxyl groups is 1. The van der Waals surface area contributed by atoms with Gasteiger partial charge in [0.05, 0.1) is 22.3 Å². The SMILES string of the molecule is COC1=C(Br)C(O)[C@@]2(C=C1Br)CC(C(=O)NCCCc1ncc(N)[nH]1)=NO2. The first kappa shape index (κ1) is 19.9. The summed E-state index contributed by atoms with van der Waals surface area (Å²) < 4.78 is 6.27. The van der Waals surface area contributed by atoms with Crippen LogP contribution in [0.15, 0.2) is 32.2 Å². The molecule has 0 saturated carbocycles. The number of aromatic nitrogens is 2. The van der Waals surface area contributed by atoms with Crippen LogP contribution in [-0.2, 0) is 20.8 Å². The number of aliphatic hydroxyl groups excluding tert-OH is 1. The van der Waals surface area contributed by atoms with E-state index in [1.54, 1.807) is 12.3 Å². The first-order valence-corrected chi connectivity index (χ1v) is 9.78. The van der Waals surface area contributed by atoms with Gasteiger partial charge in [0.15, 0.2) is 5.60 Å². The number of anilines is 1. The molecule has 1 amide bonds. The van der Waals surface area contributed by atoms with Gasteiger partial charge in [0.2, 0.25) is 0 Å². The lowest BCUT2D eigenvalue weighted by atomic mass is 9.87. The molecule has 3 rings (SSSR count). The summed E-state index contributed by atoms with van der Waals surface area (Å²) in [6.07, 6.45) is 3.66. The molecule has 2 aliphatic rings. The zero-order chi connectivity index (χ0) is 19.6. The molecule has 0 radical (unpaired) electrons. The molecule has 1 unspecified atom stereocenters. The van der Waals surface area contributed by atoms with Gasteiger partial charge in [0.1, 0.15) is 29.2 Å². The Morgan fingerprint density at radius 1 is 1.59 bits per heavy atom. The van der Waals surface area contributed by atoms with Crippen molar-refractivity contribution < 1.29 is 19.5 Å². The zero-order valence-electron chi connectivity index (χ0n) is 14.5. The lowest BCUT2D eigenvalue weighted by molar-refractivity contribution is -0.114. The van der Waals surface area contributed by atoms with E-state index >= 15 is 0 Å². The van der Waals surface area contributed by atoms with Gasteiger partial charge in [0.25, 0.3) is 5.91 Å². The van der Waals surface area contributed by atoms with Gasteiger partial charge in [-0.3, -0.25) is 4.79 Å². The van der Waals surface area contributed by atoms with Crippen molar-refractivity contribution in [3.63, 3.8) is 0 Å². The monoisotopic (exact) mass is 503 g/mol. The van der Waals surface area contributed by atoms with Crippen LogP contribution >= 0.6 is 31.9 Å². The molecule has 2 heterocycles. The molecule has 0 aromatic carbocycles. The van der Waals surface area contributed by atoms with E-state index in [1.165, 1.54) is 7.11 Å². The van der Waals surface area contributed by atoms with Gasteiger partial charge in [-0.1, -0.05) is 5.16 Å². The van der Waals surface area contributed by atoms with E-state index in [1.807, 2.05) is 0 Å². The molecule has 0 bridgehead atoms. The third-order valence-corrected chi connectivity index (χ3v) is 5.65. The van der Waals surface area contributed by atoms with Crippen molar-refractivity contribution in [3.8, 4) is 0 Å². The van der Waals surface area contributed by atoms with E-state index in [-0.39, 0.29) is 18.0 Å². The van der Waals surface area contributed by atoms with E-state index in [2.05, 4.69) is 52.3 Å². The number of aromatic amines is 1. The fraction of sp³-hybridized carbons (Fsp3) is 0.438. The third-order valence-electron chi connectivity index (χ3n) is 4.27. The van der Waals surface area contributed by atoms with Crippen molar-refractivity contribution in [1.29, 1.82) is 0 Å². The largest absolute Gasteiger partial charge is 0.495 e.